The summed E-state index contributed by atoms with van der Waals surface area (Å²) in [6.45, 7) is 2.85. The van der Waals surface area contributed by atoms with E-state index < -0.39 is 5.97 Å². The summed E-state index contributed by atoms with van der Waals surface area (Å²) < 4.78 is 5.82. The molecule has 1 aromatic carbocycles. The summed E-state index contributed by atoms with van der Waals surface area (Å²) in [7, 11) is 1.29. The Morgan fingerprint density at radius 1 is 1.17 bits per heavy atom. The van der Waals surface area contributed by atoms with Crippen LogP contribution in [0.3, 0.4) is 0 Å². The van der Waals surface area contributed by atoms with Crippen LogP contribution in [-0.4, -0.2) is 42.5 Å². The molecule has 1 heterocycles. The highest BCUT2D eigenvalue weighted by Crippen LogP contribution is 2.18. The highest BCUT2D eigenvalue weighted by Gasteiger charge is 2.08. The molecule has 0 unspecified atom stereocenters. The maximum absolute atomic E-state index is 12.4. The molecule has 3 N–H and O–H groups in total. The maximum Gasteiger partial charge on any atom is 0.307 e. The molecule has 0 bridgehead atoms. The number of aromatic nitrogens is 1. The monoisotopic (exact) mass is 412 g/mol. The largest absolute Gasteiger partial charge is 0.469 e. The second-order valence-corrected chi connectivity index (χ2v) is 6.76. The summed E-state index contributed by atoms with van der Waals surface area (Å²) >= 11 is 0. The van der Waals surface area contributed by atoms with Gasteiger partial charge in [0.1, 0.15) is 12.4 Å². The smallest absolute Gasteiger partial charge is 0.307 e. The topological polar surface area (TPSA) is 116 Å². The van der Waals surface area contributed by atoms with Gasteiger partial charge in [0, 0.05) is 30.9 Å². The number of aliphatic imine (C=N–C) groups is 1. The first-order valence-electron chi connectivity index (χ1n) is 9.89. The second-order valence-electron chi connectivity index (χ2n) is 6.76. The van der Waals surface area contributed by atoms with E-state index in [0.29, 0.717) is 12.4 Å². The minimum Gasteiger partial charge on any atom is -0.469 e. The first-order chi connectivity index (χ1) is 14.4. The van der Waals surface area contributed by atoms with Crippen molar-refractivity contribution < 1.29 is 14.3 Å². The highest BCUT2D eigenvalue weighted by atomic mass is 16.5. The number of nitrogens with two attached hydrogens (primary N) is 1. The lowest BCUT2D eigenvalue weighted by Crippen LogP contribution is -2.33. The number of rotatable bonds is 10. The summed E-state index contributed by atoms with van der Waals surface area (Å²) in [5.74, 6) is -0.253. The maximum atomic E-state index is 12.4. The molecule has 0 aliphatic rings. The predicted molar refractivity (Wildman–Crippen MR) is 116 cm³/mol. The van der Waals surface area contributed by atoms with Gasteiger partial charge in [0.15, 0.2) is 0 Å². The van der Waals surface area contributed by atoms with Crippen molar-refractivity contribution in [3.05, 3.63) is 58.5 Å². The lowest BCUT2D eigenvalue weighted by Gasteiger charge is -2.09. The van der Waals surface area contributed by atoms with Gasteiger partial charge in [-0.2, -0.15) is 0 Å². The van der Waals surface area contributed by atoms with E-state index in [9.17, 15) is 14.4 Å². The summed E-state index contributed by atoms with van der Waals surface area (Å²) in [5.41, 5.74) is 8.17. The van der Waals surface area contributed by atoms with Crippen LogP contribution in [0.15, 0.2) is 52.4 Å². The number of amides is 1. The molecule has 0 aliphatic heterocycles. The lowest BCUT2D eigenvalue weighted by atomic mass is 10.0. The Bertz CT molecular complexity index is 948. The van der Waals surface area contributed by atoms with E-state index in [-0.39, 0.29) is 31.0 Å². The van der Waals surface area contributed by atoms with E-state index in [2.05, 4.69) is 22.0 Å². The van der Waals surface area contributed by atoms with Crippen LogP contribution in [0.4, 0.5) is 0 Å². The first kappa shape index (κ1) is 22.9. The number of pyridine rings is 1. The van der Waals surface area contributed by atoms with Gasteiger partial charge in [-0.3, -0.25) is 19.4 Å². The highest BCUT2D eigenvalue weighted by molar-refractivity contribution is 5.97. The molecule has 1 aromatic heterocycles. The summed E-state index contributed by atoms with van der Waals surface area (Å²) in [5, 5.41) is 2.58. The number of unbranched alkanes of at least 4 members (excludes halogenated alkanes) is 1. The van der Waals surface area contributed by atoms with Crippen molar-refractivity contribution in [1.82, 2.24) is 9.88 Å². The van der Waals surface area contributed by atoms with Crippen LogP contribution >= 0.6 is 0 Å². The van der Waals surface area contributed by atoms with Crippen LogP contribution < -0.4 is 16.6 Å². The van der Waals surface area contributed by atoms with Gasteiger partial charge in [-0.25, -0.2) is 0 Å². The van der Waals surface area contributed by atoms with Crippen LogP contribution in [0, 0.1) is 0 Å². The first-order valence-corrected chi connectivity index (χ1v) is 9.89. The zero-order chi connectivity index (χ0) is 21.9. The normalized spacial score (nSPS) is 11.2. The Morgan fingerprint density at radius 3 is 2.53 bits per heavy atom. The fourth-order valence-corrected chi connectivity index (χ4v) is 2.72. The Balaban J connectivity index is 2.01. The van der Waals surface area contributed by atoms with Gasteiger partial charge in [0.25, 0.3) is 5.56 Å². The third-order valence-corrected chi connectivity index (χ3v) is 4.50. The predicted octanol–water partition coefficient (Wildman–Crippen LogP) is 1.70. The number of esters is 1. The van der Waals surface area contributed by atoms with Crippen molar-refractivity contribution in [3.63, 3.8) is 0 Å². The third-order valence-electron chi connectivity index (χ3n) is 4.50. The van der Waals surface area contributed by atoms with Gasteiger partial charge < -0.3 is 20.4 Å². The molecule has 8 nitrogen and oxygen atoms in total. The van der Waals surface area contributed by atoms with Gasteiger partial charge in [0.05, 0.1) is 13.5 Å². The van der Waals surface area contributed by atoms with E-state index in [1.807, 2.05) is 24.3 Å². The number of benzene rings is 1. The molecular weight excluding hydrogens is 384 g/mol. The number of carbonyl (C=O) groups excluding carboxylic acids is 2. The Hall–Kier alpha value is -3.42. The SMILES string of the molecule is CCCCN=C(N)c1ccc(-c2ccn(CC(=O)NCCC(=O)OC)c(=O)c2)cc1. The minimum absolute atomic E-state index is 0.0832. The zero-order valence-corrected chi connectivity index (χ0v) is 17.4. The van der Waals surface area contributed by atoms with E-state index in [4.69, 9.17) is 5.73 Å². The number of hydrogen-bond acceptors (Lipinski definition) is 5. The van der Waals surface area contributed by atoms with Crippen molar-refractivity contribution in [2.45, 2.75) is 32.7 Å². The second kappa shape index (κ2) is 11.5. The number of hydrogen-bond donors (Lipinski definition) is 2. The third kappa shape index (κ3) is 6.88. The number of methoxy groups -OCH3 is 1. The van der Waals surface area contributed by atoms with E-state index in [1.54, 1.807) is 12.3 Å². The molecule has 0 radical (unpaired) electrons. The van der Waals surface area contributed by atoms with Crippen LogP contribution in [0.2, 0.25) is 0 Å². The van der Waals surface area contributed by atoms with Gasteiger partial charge in [0.2, 0.25) is 5.91 Å². The molecule has 1 amide bonds. The molecule has 8 heteroatoms. The number of nitrogens with one attached hydrogen (secondary N) is 1. The van der Waals surface area contributed by atoms with Crippen LogP contribution in [0.5, 0.6) is 0 Å². The fraction of sp³-hybridized carbons (Fsp3) is 0.364. The van der Waals surface area contributed by atoms with Gasteiger partial charge in [-0.15, -0.1) is 0 Å². The number of carbonyl (C=O) groups is 2. The Labute approximate surface area is 175 Å². The van der Waals surface area contributed by atoms with Gasteiger partial charge >= 0.3 is 5.97 Å². The zero-order valence-electron chi connectivity index (χ0n) is 17.4. The lowest BCUT2D eigenvalue weighted by molar-refractivity contribution is -0.140. The van der Waals surface area contributed by atoms with Crippen molar-refractivity contribution in [2.24, 2.45) is 10.7 Å². The molecule has 0 saturated carbocycles. The molecule has 2 rings (SSSR count). The van der Waals surface area contributed by atoms with Crippen LogP contribution in [-0.2, 0) is 20.9 Å². The summed E-state index contributed by atoms with van der Waals surface area (Å²) in [6, 6.07) is 10.8. The molecule has 2 aromatic rings. The quantitative estimate of drug-likeness (QED) is 0.267. The van der Waals surface area contributed by atoms with Crippen molar-refractivity contribution in [2.75, 3.05) is 20.2 Å². The average Bonchev–Trinajstić information content (AvgIpc) is 2.75. The minimum atomic E-state index is -0.406. The van der Waals surface area contributed by atoms with Crippen LogP contribution in [0.1, 0.15) is 31.7 Å². The van der Waals surface area contributed by atoms with Gasteiger partial charge in [-0.05, 0) is 23.6 Å². The Morgan fingerprint density at radius 2 is 1.90 bits per heavy atom. The molecule has 0 atom stereocenters. The van der Waals surface area contributed by atoms with E-state index >= 15 is 0 Å². The molecule has 0 saturated heterocycles. The van der Waals surface area contributed by atoms with Crippen molar-refractivity contribution >= 4 is 17.7 Å². The molecule has 0 fully saturated rings. The number of amidine groups is 1. The molecule has 0 aliphatic carbocycles. The fourth-order valence-electron chi connectivity index (χ4n) is 2.72. The molecule has 0 spiro atoms. The Kier molecular flexibility index (Phi) is 8.80. The van der Waals surface area contributed by atoms with Crippen molar-refractivity contribution in [1.29, 1.82) is 0 Å². The summed E-state index contributed by atoms with van der Waals surface area (Å²) in [6.07, 6.45) is 3.72. The molecule has 30 heavy (non-hydrogen) atoms. The van der Waals surface area contributed by atoms with Crippen molar-refractivity contribution in [3.8, 4) is 11.1 Å². The number of nitrogens with zero attached hydrogens (tertiary/aromatic N) is 2. The molecule has 160 valence electrons. The van der Waals surface area contributed by atoms with E-state index in [0.717, 1.165) is 29.5 Å². The van der Waals surface area contributed by atoms with Crippen LogP contribution in [0.25, 0.3) is 11.1 Å². The molecular formula is C22H28N4O4. The summed E-state index contributed by atoms with van der Waals surface area (Å²) in [4.78, 5) is 39.7. The van der Waals surface area contributed by atoms with E-state index in [1.165, 1.54) is 17.7 Å². The van der Waals surface area contributed by atoms with Gasteiger partial charge in [-0.1, -0.05) is 37.6 Å². The average molecular weight is 412 g/mol. The standard InChI is InChI=1S/C22H28N4O4/c1-3-4-11-25-22(23)17-7-5-16(6-8-17)18-10-13-26(20(28)14-18)15-19(27)24-12-9-21(29)30-2/h5-8,10,13-14H,3-4,9,11-12,15H2,1-2H3,(H2,23,25)(H,24,27). The number of ether oxygens (including phenoxy) is 1.